The molecule has 0 fully saturated rings. The minimum Gasteiger partial charge on any atom is -0.497 e. The number of nitrogens with two attached hydrogens (primary N) is 1. The largest absolute Gasteiger partial charge is 0.497 e. The fourth-order valence-electron chi connectivity index (χ4n) is 4.82. The lowest BCUT2D eigenvalue weighted by Gasteiger charge is -2.15. The molecule has 9 heteroatoms. The Hall–Kier alpha value is -5.05. The van der Waals surface area contributed by atoms with Crippen LogP contribution in [-0.2, 0) is 11.3 Å². The summed E-state index contributed by atoms with van der Waals surface area (Å²) in [6, 6.07) is 15.2. The molecule has 0 unspecified atom stereocenters. The van der Waals surface area contributed by atoms with Crippen LogP contribution in [0.3, 0.4) is 0 Å². The number of methoxy groups -OCH3 is 2. The Balaban J connectivity index is 1.48. The number of hydrogen-bond acceptors (Lipinski definition) is 7. The van der Waals surface area contributed by atoms with Crippen molar-refractivity contribution in [3.8, 4) is 22.8 Å². The third kappa shape index (κ3) is 3.94. The van der Waals surface area contributed by atoms with E-state index < -0.39 is 0 Å². The summed E-state index contributed by atoms with van der Waals surface area (Å²) >= 11 is 0. The molecule has 0 radical (unpaired) electrons. The standard InChI is InChI=1S/C29H26N6O3/c1-37-21-11-8-19(25(15-21)38-2)17-32-29-27-23(12-13-31-29)35(33-28(27)18-6-9-20(30)10-7-18)24-16-26(36)34-14-4-3-5-22(24)34/h3-15H,16-17,30H2,1-2H3,(H,31,32). The van der Waals surface area contributed by atoms with Gasteiger partial charge in [-0.05, 0) is 42.5 Å². The SMILES string of the molecule is COc1ccc(CNc2nccc3c2c(-c2ccc(N)cc2)nn3C2=C3C=CC=CN3C(=O)C2)c(OC)c1. The number of ether oxygens (including phenoxy) is 2. The van der Waals surface area contributed by atoms with E-state index in [0.717, 1.165) is 44.9 Å². The topological polar surface area (TPSA) is 108 Å². The summed E-state index contributed by atoms with van der Waals surface area (Å²) in [5.74, 6) is 2.11. The van der Waals surface area contributed by atoms with Crippen molar-refractivity contribution in [2.24, 2.45) is 0 Å². The van der Waals surface area contributed by atoms with Crippen molar-refractivity contribution in [1.29, 1.82) is 0 Å². The minimum absolute atomic E-state index is 0.00675. The first kappa shape index (κ1) is 23.4. The zero-order valence-corrected chi connectivity index (χ0v) is 21.0. The van der Waals surface area contributed by atoms with Crippen molar-refractivity contribution in [3.63, 3.8) is 0 Å². The molecule has 2 aromatic carbocycles. The number of anilines is 2. The van der Waals surface area contributed by atoms with Gasteiger partial charge in [0.1, 0.15) is 23.0 Å². The molecule has 0 atom stereocenters. The highest BCUT2D eigenvalue weighted by Gasteiger charge is 2.31. The van der Waals surface area contributed by atoms with Gasteiger partial charge in [-0.3, -0.25) is 9.69 Å². The molecule has 9 nitrogen and oxygen atoms in total. The number of rotatable bonds is 7. The average molecular weight is 507 g/mol. The molecular formula is C29H26N6O3. The molecule has 4 aromatic rings. The van der Waals surface area contributed by atoms with Crippen LogP contribution >= 0.6 is 0 Å². The zero-order chi connectivity index (χ0) is 26.2. The maximum atomic E-state index is 12.8. The number of benzene rings is 2. The van der Waals surface area contributed by atoms with Crippen LogP contribution in [-0.4, -0.2) is 39.8 Å². The van der Waals surface area contributed by atoms with Gasteiger partial charge < -0.3 is 20.5 Å². The van der Waals surface area contributed by atoms with E-state index in [1.807, 2.05) is 71.4 Å². The minimum atomic E-state index is 0.00675. The van der Waals surface area contributed by atoms with Gasteiger partial charge in [0.2, 0.25) is 5.91 Å². The number of nitrogen functional groups attached to an aromatic ring is 1. The molecule has 190 valence electrons. The van der Waals surface area contributed by atoms with Gasteiger partial charge >= 0.3 is 0 Å². The van der Waals surface area contributed by atoms with Crippen molar-refractivity contribution in [2.75, 3.05) is 25.3 Å². The first-order valence-electron chi connectivity index (χ1n) is 12.2. The first-order valence-corrected chi connectivity index (χ1v) is 12.2. The molecule has 2 aromatic heterocycles. The summed E-state index contributed by atoms with van der Waals surface area (Å²) in [6.45, 7) is 0.472. The maximum Gasteiger partial charge on any atom is 0.237 e. The monoisotopic (exact) mass is 506 g/mol. The highest BCUT2D eigenvalue weighted by Crippen LogP contribution is 2.38. The zero-order valence-electron chi connectivity index (χ0n) is 21.0. The molecule has 2 aliphatic rings. The molecule has 3 N–H and O–H groups in total. The normalized spacial score (nSPS) is 14.4. The highest BCUT2D eigenvalue weighted by molar-refractivity contribution is 6.04. The quantitative estimate of drug-likeness (QED) is 0.347. The van der Waals surface area contributed by atoms with Crippen molar-refractivity contribution in [1.82, 2.24) is 19.7 Å². The summed E-state index contributed by atoms with van der Waals surface area (Å²) in [7, 11) is 3.26. The van der Waals surface area contributed by atoms with E-state index in [9.17, 15) is 4.79 Å². The number of amides is 1. The van der Waals surface area contributed by atoms with Crippen LogP contribution in [0.5, 0.6) is 11.5 Å². The summed E-state index contributed by atoms with van der Waals surface area (Å²) in [6.07, 6.45) is 9.49. The molecule has 6 rings (SSSR count). The molecule has 0 saturated heterocycles. The molecule has 1 amide bonds. The molecule has 4 heterocycles. The number of hydrogen-bond donors (Lipinski definition) is 2. The lowest BCUT2D eigenvalue weighted by atomic mass is 10.1. The van der Waals surface area contributed by atoms with E-state index in [0.29, 0.717) is 23.8 Å². The molecule has 2 aliphatic heterocycles. The summed E-state index contributed by atoms with van der Waals surface area (Å²) in [5.41, 5.74) is 11.7. The Morgan fingerprint density at radius 3 is 2.68 bits per heavy atom. The number of fused-ring (bicyclic) bond motifs is 2. The number of nitrogens with zero attached hydrogens (tertiary/aromatic N) is 4. The van der Waals surface area contributed by atoms with Crippen LogP contribution in [0.4, 0.5) is 11.5 Å². The number of aromatic nitrogens is 3. The smallest absolute Gasteiger partial charge is 0.237 e. The second kappa shape index (κ2) is 9.44. The lowest BCUT2D eigenvalue weighted by Crippen LogP contribution is -2.18. The average Bonchev–Trinajstić information content (AvgIpc) is 3.50. The maximum absolute atomic E-state index is 12.8. The number of nitrogens with one attached hydrogen (secondary N) is 1. The van der Waals surface area contributed by atoms with Crippen molar-refractivity contribution >= 4 is 34.0 Å². The van der Waals surface area contributed by atoms with Gasteiger partial charge in [-0.1, -0.05) is 18.2 Å². The molecule has 0 bridgehead atoms. The van der Waals surface area contributed by atoms with E-state index in [4.69, 9.17) is 20.3 Å². The van der Waals surface area contributed by atoms with Crippen LogP contribution in [0.15, 0.2) is 84.9 Å². The van der Waals surface area contributed by atoms with Gasteiger partial charge in [0.15, 0.2) is 0 Å². The summed E-state index contributed by atoms with van der Waals surface area (Å²) in [5, 5.41) is 9.35. The van der Waals surface area contributed by atoms with Gasteiger partial charge in [0.25, 0.3) is 0 Å². The molecule has 0 aliphatic carbocycles. The van der Waals surface area contributed by atoms with Crippen LogP contribution < -0.4 is 20.5 Å². The Labute approximate surface area is 219 Å². The predicted molar refractivity (Wildman–Crippen MR) is 147 cm³/mol. The van der Waals surface area contributed by atoms with Gasteiger partial charge in [-0.15, -0.1) is 0 Å². The second-order valence-corrected chi connectivity index (χ2v) is 8.94. The number of pyridine rings is 1. The van der Waals surface area contributed by atoms with Crippen LogP contribution in [0.1, 0.15) is 12.0 Å². The van der Waals surface area contributed by atoms with Gasteiger partial charge in [-0.25, -0.2) is 9.67 Å². The Kier molecular flexibility index (Phi) is 5.80. The van der Waals surface area contributed by atoms with Crippen LogP contribution in [0.25, 0.3) is 27.9 Å². The van der Waals surface area contributed by atoms with E-state index in [-0.39, 0.29) is 12.3 Å². The van der Waals surface area contributed by atoms with Crippen LogP contribution in [0, 0.1) is 0 Å². The van der Waals surface area contributed by atoms with Gasteiger partial charge in [0.05, 0.1) is 42.9 Å². The Morgan fingerprint density at radius 1 is 1.05 bits per heavy atom. The summed E-state index contributed by atoms with van der Waals surface area (Å²) < 4.78 is 12.8. The van der Waals surface area contributed by atoms with E-state index >= 15 is 0 Å². The van der Waals surface area contributed by atoms with Crippen molar-refractivity contribution in [3.05, 3.63) is 90.4 Å². The molecule has 38 heavy (non-hydrogen) atoms. The van der Waals surface area contributed by atoms with Gasteiger partial charge in [-0.2, -0.15) is 5.10 Å². The van der Waals surface area contributed by atoms with E-state index in [2.05, 4.69) is 10.3 Å². The van der Waals surface area contributed by atoms with E-state index in [1.165, 1.54) is 0 Å². The molecule has 0 saturated carbocycles. The predicted octanol–water partition coefficient (Wildman–Crippen LogP) is 4.79. The number of carbonyl (C=O) groups is 1. The van der Waals surface area contributed by atoms with E-state index in [1.54, 1.807) is 31.5 Å². The molecular weight excluding hydrogens is 480 g/mol. The Bertz CT molecular complexity index is 1650. The fraction of sp³-hybridized carbons (Fsp3) is 0.138. The van der Waals surface area contributed by atoms with Crippen LogP contribution in [0.2, 0.25) is 0 Å². The third-order valence-electron chi connectivity index (χ3n) is 6.72. The second-order valence-electron chi connectivity index (χ2n) is 8.94. The first-order chi connectivity index (χ1) is 18.6. The number of carbonyl (C=O) groups excluding carboxylic acids is 1. The third-order valence-corrected chi connectivity index (χ3v) is 6.72. The molecule has 0 spiro atoms. The van der Waals surface area contributed by atoms with Gasteiger partial charge in [0, 0.05) is 41.8 Å². The highest BCUT2D eigenvalue weighted by atomic mass is 16.5. The summed E-state index contributed by atoms with van der Waals surface area (Å²) in [4.78, 5) is 19.1. The number of allylic oxidation sites excluding steroid dienone is 3. The fourth-order valence-corrected chi connectivity index (χ4v) is 4.82. The van der Waals surface area contributed by atoms with Crippen molar-refractivity contribution in [2.45, 2.75) is 13.0 Å². The van der Waals surface area contributed by atoms with Crippen molar-refractivity contribution < 1.29 is 14.3 Å². The lowest BCUT2D eigenvalue weighted by molar-refractivity contribution is -0.124. The Morgan fingerprint density at radius 2 is 1.89 bits per heavy atom.